The van der Waals surface area contributed by atoms with Gasteiger partial charge in [-0.25, -0.2) is 0 Å². The number of carbonyl (C=O) groups excluding carboxylic acids is 1. The van der Waals surface area contributed by atoms with E-state index in [-0.39, 0.29) is 12.0 Å². The van der Waals surface area contributed by atoms with Crippen molar-refractivity contribution in [1.82, 2.24) is 5.32 Å². The summed E-state index contributed by atoms with van der Waals surface area (Å²) in [5.41, 5.74) is 5.18. The molecule has 0 aliphatic carbocycles. The fourth-order valence-electron chi connectivity index (χ4n) is 2.34. The van der Waals surface area contributed by atoms with Gasteiger partial charge in [-0.15, -0.1) is 0 Å². The molecule has 1 unspecified atom stereocenters. The van der Waals surface area contributed by atoms with Gasteiger partial charge in [0, 0.05) is 6.04 Å². The molecular weight excluding hydrogens is 226 g/mol. The number of aryl methyl sites for hydroxylation is 3. The summed E-state index contributed by atoms with van der Waals surface area (Å²) < 4.78 is 4.72. The van der Waals surface area contributed by atoms with Crippen LogP contribution < -0.4 is 5.32 Å². The molecule has 0 heterocycles. The van der Waals surface area contributed by atoms with Crippen LogP contribution in [0, 0.1) is 20.8 Å². The highest BCUT2D eigenvalue weighted by Gasteiger charge is 2.15. The van der Waals surface area contributed by atoms with Crippen LogP contribution in [-0.4, -0.2) is 26.2 Å². The van der Waals surface area contributed by atoms with Crippen LogP contribution >= 0.6 is 0 Å². The van der Waals surface area contributed by atoms with Gasteiger partial charge in [0.2, 0.25) is 0 Å². The second-order valence-electron chi connectivity index (χ2n) is 4.85. The van der Waals surface area contributed by atoms with Gasteiger partial charge in [0.25, 0.3) is 0 Å². The summed E-state index contributed by atoms with van der Waals surface area (Å²) in [5.74, 6) is -0.170. The molecule has 0 amide bonds. The Morgan fingerprint density at radius 1 is 1.28 bits per heavy atom. The van der Waals surface area contributed by atoms with Crippen LogP contribution in [0.4, 0.5) is 0 Å². The number of rotatable bonds is 5. The number of methoxy groups -OCH3 is 1. The Bertz CT molecular complexity index is 403. The second-order valence-corrected chi connectivity index (χ2v) is 4.85. The molecule has 1 atom stereocenters. The molecule has 0 aliphatic heterocycles. The average Bonchev–Trinajstić information content (AvgIpc) is 2.31. The third kappa shape index (κ3) is 3.84. The first-order valence-electron chi connectivity index (χ1n) is 6.28. The summed E-state index contributed by atoms with van der Waals surface area (Å²) in [7, 11) is 3.31. The monoisotopic (exact) mass is 249 g/mol. The zero-order valence-electron chi connectivity index (χ0n) is 12.0. The summed E-state index contributed by atoms with van der Waals surface area (Å²) in [4.78, 5) is 11.3. The molecule has 0 aliphatic rings. The normalized spacial score (nSPS) is 12.3. The van der Waals surface area contributed by atoms with Crippen molar-refractivity contribution < 1.29 is 9.53 Å². The Morgan fingerprint density at radius 3 is 2.28 bits per heavy atom. The van der Waals surface area contributed by atoms with Gasteiger partial charge in [-0.1, -0.05) is 17.7 Å². The summed E-state index contributed by atoms with van der Waals surface area (Å²) in [6.45, 7) is 6.36. The number of hydrogen-bond donors (Lipinski definition) is 1. The van der Waals surface area contributed by atoms with Gasteiger partial charge in [-0.3, -0.25) is 4.79 Å². The van der Waals surface area contributed by atoms with E-state index in [9.17, 15) is 4.79 Å². The summed E-state index contributed by atoms with van der Waals surface area (Å²) in [5, 5.41) is 3.18. The van der Waals surface area contributed by atoms with Crippen LogP contribution in [0.2, 0.25) is 0 Å². The molecule has 1 N–H and O–H groups in total. The Morgan fingerprint density at radius 2 is 1.83 bits per heavy atom. The Labute approximate surface area is 110 Å². The molecule has 0 bridgehead atoms. The van der Waals surface area contributed by atoms with Crippen molar-refractivity contribution in [2.24, 2.45) is 0 Å². The first-order chi connectivity index (χ1) is 8.47. The number of nitrogens with one attached hydrogen (secondary N) is 1. The maximum absolute atomic E-state index is 11.3. The molecule has 18 heavy (non-hydrogen) atoms. The first kappa shape index (κ1) is 14.7. The highest BCUT2D eigenvalue weighted by Crippen LogP contribution is 2.19. The number of hydrogen-bond acceptors (Lipinski definition) is 3. The van der Waals surface area contributed by atoms with Crippen LogP contribution in [0.15, 0.2) is 12.1 Å². The van der Waals surface area contributed by atoms with E-state index in [0.717, 1.165) is 6.42 Å². The zero-order chi connectivity index (χ0) is 13.7. The van der Waals surface area contributed by atoms with Crippen molar-refractivity contribution in [2.45, 2.75) is 39.7 Å². The molecule has 3 nitrogen and oxygen atoms in total. The highest BCUT2D eigenvalue weighted by molar-refractivity contribution is 5.70. The molecule has 1 aromatic rings. The van der Waals surface area contributed by atoms with Crippen LogP contribution in [0.3, 0.4) is 0 Å². The van der Waals surface area contributed by atoms with Crippen LogP contribution in [0.1, 0.15) is 28.7 Å². The Kier molecular flexibility index (Phi) is 5.35. The second kappa shape index (κ2) is 6.55. The van der Waals surface area contributed by atoms with E-state index in [2.05, 4.69) is 38.2 Å². The molecule has 0 fully saturated rings. The quantitative estimate of drug-likeness (QED) is 0.814. The molecule has 0 saturated heterocycles. The lowest BCUT2D eigenvalue weighted by atomic mass is 9.93. The standard InChI is InChI=1S/C15H23NO2/c1-10-6-11(2)14(12(3)7-10)8-13(16-4)9-15(17)18-5/h6-7,13,16H,8-9H2,1-5H3. The topological polar surface area (TPSA) is 38.3 Å². The fraction of sp³-hybridized carbons (Fsp3) is 0.533. The van der Waals surface area contributed by atoms with E-state index in [1.54, 1.807) is 0 Å². The fourth-order valence-corrected chi connectivity index (χ4v) is 2.34. The number of benzene rings is 1. The summed E-state index contributed by atoms with van der Waals surface area (Å²) in [6, 6.07) is 4.50. The molecule has 3 heteroatoms. The Hall–Kier alpha value is -1.35. The minimum atomic E-state index is -0.170. The van der Waals surface area contributed by atoms with E-state index in [0.29, 0.717) is 6.42 Å². The van der Waals surface area contributed by atoms with E-state index < -0.39 is 0 Å². The van der Waals surface area contributed by atoms with Crippen molar-refractivity contribution in [3.63, 3.8) is 0 Å². The number of ether oxygens (including phenoxy) is 1. The van der Waals surface area contributed by atoms with Gasteiger partial charge in [-0.05, 0) is 50.9 Å². The largest absolute Gasteiger partial charge is 0.469 e. The van der Waals surface area contributed by atoms with Crippen molar-refractivity contribution in [3.8, 4) is 0 Å². The molecule has 0 aromatic heterocycles. The van der Waals surface area contributed by atoms with Crippen molar-refractivity contribution in [1.29, 1.82) is 0 Å². The van der Waals surface area contributed by atoms with Crippen molar-refractivity contribution in [3.05, 3.63) is 34.4 Å². The maximum Gasteiger partial charge on any atom is 0.307 e. The predicted octanol–water partition coefficient (Wildman–Crippen LogP) is 2.31. The van der Waals surface area contributed by atoms with Gasteiger partial charge in [-0.2, -0.15) is 0 Å². The minimum Gasteiger partial charge on any atom is -0.469 e. The van der Waals surface area contributed by atoms with E-state index in [4.69, 9.17) is 4.74 Å². The number of esters is 1. The lowest BCUT2D eigenvalue weighted by Crippen LogP contribution is -2.31. The molecule has 0 radical (unpaired) electrons. The lowest BCUT2D eigenvalue weighted by molar-refractivity contribution is -0.141. The van der Waals surface area contributed by atoms with E-state index in [1.165, 1.54) is 29.4 Å². The highest BCUT2D eigenvalue weighted by atomic mass is 16.5. The van der Waals surface area contributed by atoms with Gasteiger partial charge >= 0.3 is 5.97 Å². The van der Waals surface area contributed by atoms with Crippen molar-refractivity contribution in [2.75, 3.05) is 14.2 Å². The maximum atomic E-state index is 11.3. The lowest BCUT2D eigenvalue weighted by Gasteiger charge is -2.18. The van der Waals surface area contributed by atoms with E-state index in [1.807, 2.05) is 7.05 Å². The van der Waals surface area contributed by atoms with Crippen LogP contribution in [-0.2, 0) is 16.0 Å². The van der Waals surface area contributed by atoms with Crippen LogP contribution in [0.5, 0.6) is 0 Å². The minimum absolute atomic E-state index is 0.123. The third-order valence-electron chi connectivity index (χ3n) is 3.34. The summed E-state index contributed by atoms with van der Waals surface area (Å²) >= 11 is 0. The number of carbonyl (C=O) groups is 1. The zero-order valence-corrected chi connectivity index (χ0v) is 12.0. The summed E-state index contributed by atoms with van der Waals surface area (Å²) in [6.07, 6.45) is 1.25. The van der Waals surface area contributed by atoms with Gasteiger partial charge < -0.3 is 10.1 Å². The molecule has 100 valence electrons. The number of likely N-dealkylation sites (N-methyl/N-ethyl adjacent to an activating group) is 1. The molecule has 1 rings (SSSR count). The van der Waals surface area contributed by atoms with E-state index >= 15 is 0 Å². The smallest absolute Gasteiger partial charge is 0.307 e. The molecule has 0 saturated carbocycles. The molecular formula is C15H23NO2. The third-order valence-corrected chi connectivity index (χ3v) is 3.34. The predicted molar refractivity (Wildman–Crippen MR) is 73.8 cm³/mol. The van der Waals surface area contributed by atoms with Gasteiger partial charge in [0.05, 0.1) is 13.5 Å². The average molecular weight is 249 g/mol. The molecule has 1 aromatic carbocycles. The Balaban J connectivity index is 2.85. The SMILES string of the molecule is CNC(CC(=O)OC)Cc1c(C)cc(C)cc1C. The molecule has 0 spiro atoms. The van der Waals surface area contributed by atoms with Gasteiger partial charge in [0.1, 0.15) is 0 Å². The van der Waals surface area contributed by atoms with Crippen molar-refractivity contribution >= 4 is 5.97 Å². The first-order valence-corrected chi connectivity index (χ1v) is 6.28. The van der Waals surface area contributed by atoms with Gasteiger partial charge in [0.15, 0.2) is 0 Å². The van der Waals surface area contributed by atoms with Crippen LogP contribution in [0.25, 0.3) is 0 Å².